The SMILES string of the molecule is CC1(C)CC(=O)C=CS1. The van der Waals surface area contributed by atoms with E-state index in [2.05, 4.69) is 13.8 Å². The Labute approximate surface area is 59.5 Å². The Morgan fingerprint density at radius 2 is 2.33 bits per heavy atom. The molecule has 1 nitrogen and oxygen atoms in total. The van der Waals surface area contributed by atoms with Gasteiger partial charge in [0.15, 0.2) is 5.78 Å². The topological polar surface area (TPSA) is 17.1 Å². The minimum atomic E-state index is 0.131. The summed E-state index contributed by atoms with van der Waals surface area (Å²) in [5.41, 5.74) is 0. The molecule has 1 rings (SSSR count). The Balaban J connectivity index is 2.68. The minimum absolute atomic E-state index is 0.131. The monoisotopic (exact) mass is 142 g/mol. The molecule has 1 heterocycles. The second kappa shape index (κ2) is 2.18. The van der Waals surface area contributed by atoms with Gasteiger partial charge < -0.3 is 0 Å². The highest BCUT2D eigenvalue weighted by Gasteiger charge is 2.23. The molecule has 0 atom stereocenters. The molecule has 1 aliphatic rings. The van der Waals surface area contributed by atoms with Gasteiger partial charge in [0.2, 0.25) is 0 Å². The zero-order chi connectivity index (χ0) is 6.91. The highest BCUT2D eigenvalue weighted by molar-refractivity contribution is 8.03. The Bertz CT molecular complexity index is 158. The third-order valence-corrected chi connectivity index (χ3v) is 2.30. The third-order valence-electron chi connectivity index (χ3n) is 1.24. The van der Waals surface area contributed by atoms with Gasteiger partial charge >= 0.3 is 0 Å². The Morgan fingerprint density at radius 1 is 1.67 bits per heavy atom. The van der Waals surface area contributed by atoms with Crippen molar-refractivity contribution in [2.75, 3.05) is 0 Å². The maximum absolute atomic E-state index is 10.8. The van der Waals surface area contributed by atoms with Crippen molar-refractivity contribution in [2.24, 2.45) is 0 Å². The summed E-state index contributed by atoms with van der Waals surface area (Å²) in [5, 5.41) is 1.88. The van der Waals surface area contributed by atoms with Crippen molar-refractivity contribution in [3.8, 4) is 0 Å². The van der Waals surface area contributed by atoms with E-state index in [9.17, 15) is 4.79 Å². The molecule has 0 aromatic carbocycles. The Kier molecular flexibility index (Phi) is 1.66. The van der Waals surface area contributed by atoms with Crippen LogP contribution in [0.4, 0.5) is 0 Å². The van der Waals surface area contributed by atoms with Crippen molar-refractivity contribution in [1.29, 1.82) is 0 Å². The first kappa shape index (κ1) is 6.87. The molecule has 0 amide bonds. The van der Waals surface area contributed by atoms with E-state index in [1.165, 1.54) is 0 Å². The van der Waals surface area contributed by atoms with Crippen LogP contribution in [0.1, 0.15) is 20.3 Å². The number of ketones is 1. The van der Waals surface area contributed by atoms with Gasteiger partial charge in [0.05, 0.1) is 0 Å². The molecule has 0 bridgehead atoms. The zero-order valence-electron chi connectivity index (χ0n) is 5.68. The van der Waals surface area contributed by atoms with Crippen molar-refractivity contribution < 1.29 is 4.79 Å². The van der Waals surface area contributed by atoms with Gasteiger partial charge in [0.25, 0.3) is 0 Å². The van der Waals surface area contributed by atoms with E-state index in [-0.39, 0.29) is 10.5 Å². The summed E-state index contributed by atoms with van der Waals surface area (Å²) in [6.45, 7) is 4.16. The number of thioether (sulfide) groups is 1. The molecule has 0 spiro atoms. The smallest absolute Gasteiger partial charge is 0.157 e. The third kappa shape index (κ3) is 1.86. The average Bonchev–Trinajstić information content (AvgIpc) is 1.60. The molecule has 0 saturated carbocycles. The lowest BCUT2D eigenvalue weighted by Crippen LogP contribution is -2.20. The van der Waals surface area contributed by atoms with Crippen LogP contribution < -0.4 is 0 Å². The number of carbonyl (C=O) groups is 1. The highest BCUT2D eigenvalue weighted by atomic mass is 32.2. The van der Waals surface area contributed by atoms with Gasteiger partial charge in [0, 0.05) is 11.2 Å². The summed E-state index contributed by atoms with van der Waals surface area (Å²) >= 11 is 1.72. The normalized spacial score (nSPS) is 24.4. The fourth-order valence-corrected chi connectivity index (χ4v) is 1.63. The van der Waals surface area contributed by atoms with Crippen LogP contribution in [0.2, 0.25) is 0 Å². The van der Waals surface area contributed by atoms with Gasteiger partial charge in [-0.2, -0.15) is 0 Å². The largest absolute Gasteiger partial charge is 0.295 e. The molecule has 0 aromatic heterocycles. The van der Waals surface area contributed by atoms with Crippen molar-refractivity contribution in [3.05, 3.63) is 11.5 Å². The van der Waals surface area contributed by atoms with Gasteiger partial charge in [-0.25, -0.2) is 0 Å². The predicted octanol–water partition coefficient (Wildman–Crippen LogP) is 1.98. The van der Waals surface area contributed by atoms with Crippen molar-refractivity contribution in [2.45, 2.75) is 25.0 Å². The lowest BCUT2D eigenvalue weighted by Gasteiger charge is -2.22. The van der Waals surface area contributed by atoms with Gasteiger partial charge in [-0.3, -0.25) is 4.79 Å². The van der Waals surface area contributed by atoms with E-state index in [0.717, 1.165) is 0 Å². The number of hydrogen-bond acceptors (Lipinski definition) is 2. The number of carbonyl (C=O) groups excluding carboxylic acids is 1. The molecular formula is C7H10OS. The molecule has 2 heteroatoms. The van der Waals surface area contributed by atoms with Gasteiger partial charge in [-0.1, -0.05) is 0 Å². The van der Waals surface area contributed by atoms with Crippen molar-refractivity contribution in [1.82, 2.24) is 0 Å². The number of allylic oxidation sites excluding steroid dienone is 1. The average molecular weight is 142 g/mol. The summed E-state index contributed by atoms with van der Waals surface area (Å²) in [7, 11) is 0. The van der Waals surface area contributed by atoms with Crippen LogP contribution in [0.15, 0.2) is 11.5 Å². The first-order valence-electron chi connectivity index (χ1n) is 2.97. The second-order valence-electron chi connectivity index (χ2n) is 2.82. The Morgan fingerprint density at radius 3 is 2.67 bits per heavy atom. The highest BCUT2D eigenvalue weighted by Crippen LogP contribution is 2.32. The molecule has 0 aromatic rings. The lowest BCUT2D eigenvalue weighted by atomic mass is 10.1. The van der Waals surface area contributed by atoms with E-state index in [1.807, 2.05) is 5.41 Å². The molecule has 0 aliphatic carbocycles. The maximum atomic E-state index is 10.8. The predicted molar refractivity (Wildman–Crippen MR) is 40.4 cm³/mol. The summed E-state index contributed by atoms with van der Waals surface area (Å²) in [4.78, 5) is 10.8. The van der Waals surface area contributed by atoms with Crippen LogP contribution in [-0.2, 0) is 4.79 Å². The summed E-state index contributed by atoms with van der Waals surface area (Å²) in [6, 6.07) is 0. The summed E-state index contributed by atoms with van der Waals surface area (Å²) in [6.07, 6.45) is 2.32. The van der Waals surface area contributed by atoms with Gasteiger partial charge in [-0.15, -0.1) is 11.8 Å². The molecular weight excluding hydrogens is 132 g/mol. The first-order chi connectivity index (χ1) is 4.10. The first-order valence-corrected chi connectivity index (χ1v) is 3.85. The van der Waals surface area contributed by atoms with E-state index in [1.54, 1.807) is 17.8 Å². The van der Waals surface area contributed by atoms with Crippen LogP contribution >= 0.6 is 11.8 Å². The van der Waals surface area contributed by atoms with Crippen molar-refractivity contribution in [3.63, 3.8) is 0 Å². The molecule has 0 unspecified atom stereocenters. The number of hydrogen-bond donors (Lipinski definition) is 0. The van der Waals surface area contributed by atoms with E-state index in [4.69, 9.17) is 0 Å². The van der Waals surface area contributed by atoms with Crippen molar-refractivity contribution >= 4 is 17.5 Å². The van der Waals surface area contributed by atoms with Gasteiger partial charge in [-0.05, 0) is 25.3 Å². The summed E-state index contributed by atoms with van der Waals surface area (Å²) in [5.74, 6) is 0.249. The molecule has 0 radical (unpaired) electrons. The standard InChI is InChI=1S/C7H10OS/c1-7(2)5-6(8)3-4-9-7/h3-4H,5H2,1-2H3. The van der Waals surface area contributed by atoms with Crippen LogP contribution in [0.25, 0.3) is 0 Å². The molecule has 50 valence electrons. The number of rotatable bonds is 0. The van der Waals surface area contributed by atoms with E-state index >= 15 is 0 Å². The molecule has 0 fully saturated rings. The fraction of sp³-hybridized carbons (Fsp3) is 0.571. The molecule has 0 N–H and O–H groups in total. The van der Waals surface area contributed by atoms with Crippen LogP contribution in [0, 0.1) is 0 Å². The summed E-state index contributed by atoms with van der Waals surface area (Å²) < 4.78 is 0.131. The zero-order valence-corrected chi connectivity index (χ0v) is 6.49. The molecule has 9 heavy (non-hydrogen) atoms. The van der Waals surface area contributed by atoms with Gasteiger partial charge in [0.1, 0.15) is 0 Å². The minimum Gasteiger partial charge on any atom is -0.295 e. The Hall–Kier alpha value is -0.240. The quantitative estimate of drug-likeness (QED) is 0.514. The van der Waals surface area contributed by atoms with Crippen LogP contribution in [0.5, 0.6) is 0 Å². The van der Waals surface area contributed by atoms with E-state index in [0.29, 0.717) is 6.42 Å². The second-order valence-corrected chi connectivity index (χ2v) is 4.44. The molecule has 1 aliphatic heterocycles. The van der Waals surface area contributed by atoms with Crippen LogP contribution in [-0.4, -0.2) is 10.5 Å². The molecule has 0 saturated heterocycles. The lowest BCUT2D eigenvalue weighted by molar-refractivity contribution is -0.115. The van der Waals surface area contributed by atoms with Crippen LogP contribution in [0.3, 0.4) is 0 Å². The fourth-order valence-electron chi connectivity index (χ4n) is 0.814. The maximum Gasteiger partial charge on any atom is 0.157 e. The van der Waals surface area contributed by atoms with E-state index < -0.39 is 0 Å².